The van der Waals surface area contributed by atoms with E-state index in [1.807, 2.05) is 11.0 Å². The van der Waals surface area contributed by atoms with Gasteiger partial charge in [0.25, 0.3) is 11.5 Å². The Kier molecular flexibility index (Phi) is 4.65. The molecule has 6 heteroatoms. The number of likely N-dealkylation sites (tertiary alicyclic amines) is 2. The molecule has 1 aromatic heterocycles. The Morgan fingerprint density at radius 3 is 2.88 bits per heavy atom. The molecule has 1 aliphatic carbocycles. The summed E-state index contributed by atoms with van der Waals surface area (Å²) in [7, 11) is 2.08. The molecule has 2 atom stereocenters. The summed E-state index contributed by atoms with van der Waals surface area (Å²) in [5.41, 5.74) is 2.04. The Labute approximate surface area is 154 Å². The summed E-state index contributed by atoms with van der Waals surface area (Å²) in [5.74, 6) is -0.162. The van der Waals surface area contributed by atoms with E-state index < -0.39 is 0 Å². The van der Waals surface area contributed by atoms with E-state index in [4.69, 9.17) is 0 Å². The summed E-state index contributed by atoms with van der Waals surface area (Å²) in [5, 5.41) is 10.0. The number of carbonyl (C=O) groups is 1. The molecule has 2 saturated heterocycles. The smallest absolute Gasteiger partial charge is 0.261 e. The number of aromatic nitrogens is 1. The minimum Gasteiger partial charge on any atom is -0.396 e. The summed E-state index contributed by atoms with van der Waals surface area (Å²) >= 11 is 0. The van der Waals surface area contributed by atoms with Crippen molar-refractivity contribution < 1.29 is 9.90 Å². The number of amides is 1. The monoisotopic (exact) mass is 359 g/mol. The van der Waals surface area contributed by atoms with Crippen LogP contribution in [0.25, 0.3) is 0 Å². The van der Waals surface area contributed by atoms with Crippen LogP contribution < -0.4 is 5.56 Å². The van der Waals surface area contributed by atoms with E-state index >= 15 is 0 Å². The Morgan fingerprint density at radius 1 is 1.27 bits per heavy atom. The van der Waals surface area contributed by atoms with E-state index in [0.29, 0.717) is 13.1 Å². The normalized spacial score (nSPS) is 29.2. The van der Waals surface area contributed by atoms with E-state index in [-0.39, 0.29) is 35.1 Å². The Morgan fingerprint density at radius 2 is 2.08 bits per heavy atom. The summed E-state index contributed by atoms with van der Waals surface area (Å²) in [4.78, 5) is 32.6. The molecule has 142 valence electrons. The number of likely N-dealkylation sites (N-methyl/N-ethyl adjacent to an activating group) is 1. The zero-order valence-corrected chi connectivity index (χ0v) is 15.6. The van der Waals surface area contributed by atoms with E-state index in [0.717, 1.165) is 62.7 Å². The van der Waals surface area contributed by atoms with E-state index in [9.17, 15) is 14.7 Å². The number of aromatic amines is 1. The second-order valence-electron chi connectivity index (χ2n) is 8.34. The lowest BCUT2D eigenvalue weighted by atomic mass is 9.69. The van der Waals surface area contributed by atoms with Crippen LogP contribution in [0.2, 0.25) is 0 Å². The molecule has 6 nitrogen and oxygen atoms in total. The van der Waals surface area contributed by atoms with Crippen LogP contribution in [0.5, 0.6) is 0 Å². The van der Waals surface area contributed by atoms with Gasteiger partial charge in [0.05, 0.1) is 6.61 Å². The molecule has 0 saturated carbocycles. The van der Waals surface area contributed by atoms with Gasteiger partial charge in [0, 0.05) is 30.2 Å². The van der Waals surface area contributed by atoms with Gasteiger partial charge in [-0.1, -0.05) is 0 Å². The average molecular weight is 359 g/mol. The van der Waals surface area contributed by atoms with Crippen LogP contribution >= 0.6 is 0 Å². The van der Waals surface area contributed by atoms with Gasteiger partial charge in [-0.2, -0.15) is 0 Å². The van der Waals surface area contributed by atoms with Crippen LogP contribution in [0.4, 0.5) is 0 Å². The van der Waals surface area contributed by atoms with Crippen molar-refractivity contribution >= 4 is 5.91 Å². The second-order valence-corrected chi connectivity index (χ2v) is 8.34. The molecule has 4 rings (SSSR count). The maximum absolute atomic E-state index is 13.1. The maximum Gasteiger partial charge on any atom is 0.261 e. The number of nitrogens with one attached hydrogen (secondary N) is 1. The molecule has 26 heavy (non-hydrogen) atoms. The molecule has 3 heterocycles. The third kappa shape index (κ3) is 2.89. The number of nitrogens with zero attached hydrogens (tertiary/aromatic N) is 2. The summed E-state index contributed by atoms with van der Waals surface area (Å²) in [6.45, 7) is 2.37. The van der Waals surface area contributed by atoms with Crippen molar-refractivity contribution in [3.63, 3.8) is 0 Å². The summed E-state index contributed by atoms with van der Waals surface area (Å²) in [6, 6.07) is 1.99. The number of hydrogen-bond donors (Lipinski definition) is 2. The van der Waals surface area contributed by atoms with E-state index in [1.54, 1.807) is 0 Å². The topological polar surface area (TPSA) is 76.6 Å². The molecule has 0 unspecified atom stereocenters. The fraction of sp³-hybridized carbons (Fsp3) is 0.700. The SMILES string of the molecule is CN1CCC[C@]2(CO)CCN(C(=O)c3cc4c([nH]c3=O)CCCC4)C[C@@H]12. The molecule has 2 aliphatic heterocycles. The summed E-state index contributed by atoms with van der Waals surface area (Å²) in [6.07, 6.45) is 6.95. The maximum atomic E-state index is 13.1. The first kappa shape index (κ1) is 17.7. The van der Waals surface area contributed by atoms with Crippen molar-refractivity contribution in [2.45, 2.75) is 51.0 Å². The molecular weight excluding hydrogens is 330 g/mol. The number of rotatable bonds is 2. The van der Waals surface area contributed by atoms with Crippen LogP contribution in [0, 0.1) is 5.41 Å². The van der Waals surface area contributed by atoms with Gasteiger partial charge in [0.1, 0.15) is 5.56 Å². The fourth-order valence-corrected chi connectivity index (χ4v) is 5.20. The van der Waals surface area contributed by atoms with Crippen molar-refractivity contribution in [1.82, 2.24) is 14.8 Å². The number of aliphatic hydroxyl groups excluding tert-OH is 1. The number of aryl methyl sites for hydroxylation is 2. The molecule has 0 spiro atoms. The largest absolute Gasteiger partial charge is 0.396 e. The van der Waals surface area contributed by atoms with Gasteiger partial charge in [-0.25, -0.2) is 0 Å². The third-order valence-corrected chi connectivity index (χ3v) is 6.87. The van der Waals surface area contributed by atoms with Gasteiger partial charge in [0.15, 0.2) is 0 Å². The molecular formula is C20H29N3O3. The van der Waals surface area contributed by atoms with Gasteiger partial charge in [0.2, 0.25) is 0 Å². The lowest BCUT2D eigenvalue weighted by Crippen LogP contribution is -2.62. The number of aliphatic hydroxyl groups is 1. The predicted octanol–water partition coefficient (Wildman–Crippen LogP) is 1.17. The third-order valence-electron chi connectivity index (χ3n) is 6.87. The van der Waals surface area contributed by atoms with E-state index in [2.05, 4.69) is 16.9 Å². The van der Waals surface area contributed by atoms with Crippen LogP contribution in [0.1, 0.15) is 53.7 Å². The number of pyridine rings is 1. The Bertz CT molecular complexity index is 759. The number of carbonyl (C=O) groups excluding carboxylic acids is 1. The minimum atomic E-state index is -0.258. The highest BCUT2D eigenvalue weighted by Crippen LogP contribution is 2.41. The van der Waals surface area contributed by atoms with Gasteiger partial charge in [-0.3, -0.25) is 9.59 Å². The first-order valence-corrected chi connectivity index (χ1v) is 9.89. The van der Waals surface area contributed by atoms with Crippen molar-refractivity contribution in [3.05, 3.63) is 33.2 Å². The zero-order valence-electron chi connectivity index (χ0n) is 15.6. The average Bonchev–Trinajstić information content (AvgIpc) is 2.67. The van der Waals surface area contributed by atoms with Crippen LogP contribution in [-0.2, 0) is 12.8 Å². The lowest BCUT2D eigenvalue weighted by Gasteiger charge is -2.53. The van der Waals surface area contributed by atoms with Crippen molar-refractivity contribution in [3.8, 4) is 0 Å². The molecule has 3 aliphatic rings. The molecule has 2 fully saturated rings. The zero-order chi connectivity index (χ0) is 18.3. The predicted molar refractivity (Wildman–Crippen MR) is 99.4 cm³/mol. The first-order chi connectivity index (χ1) is 12.5. The van der Waals surface area contributed by atoms with Crippen molar-refractivity contribution in [1.29, 1.82) is 0 Å². The quantitative estimate of drug-likeness (QED) is 0.831. The molecule has 1 amide bonds. The molecule has 0 radical (unpaired) electrons. The standard InChI is InChI=1S/C20H29N3O3/c1-22-9-4-7-20(13-24)8-10-23(12-17(20)22)19(26)15-11-14-5-2-3-6-16(14)21-18(15)25/h11,17,24H,2-10,12-13H2,1H3,(H,21,25)/t17-,20-/m1/s1. The van der Waals surface area contributed by atoms with Crippen LogP contribution in [0.15, 0.2) is 10.9 Å². The van der Waals surface area contributed by atoms with Crippen molar-refractivity contribution in [2.24, 2.45) is 5.41 Å². The number of piperidine rings is 2. The molecule has 0 bridgehead atoms. The first-order valence-electron chi connectivity index (χ1n) is 9.89. The number of hydrogen-bond acceptors (Lipinski definition) is 4. The van der Waals surface area contributed by atoms with Gasteiger partial charge < -0.3 is 19.9 Å². The minimum absolute atomic E-state index is 0.105. The molecule has 0 aromatic carbocycles. The summed E-state index contributed by atoms with van der Waals surface area (Å²) < 4.78 is 0. The Hall–Kier alpha value is -1.66. The van der Waals surface area contributed by atoms with Crippen molar-refractivity contribution in [2.75, 3.05) is 33.3 Å². The van der Waals surface area contributed by atoms with Gasteiger partial charge in [-0.15, -0.1) is 0 Å². The second kappa shape index (κ2) is 6.82. The van der Waals surface area contributed by atoms with Crippen LogP contribution in [-0.4, -0.2) is 65.1 Å². The fourth-order valence-electron chi connectivity index (χ4n) is 5.20. The van der Waals surface area contributed by atoms with Gasteiger partial charge in [-0.05, 0) is 70.2 Å². The highest BCUT2D eigenvalue weighted by atomic mass is 16.3. The highest BCUT2D eigenvalue weighted by Gasteiger charge is 2.47. The number of H-pyrrole nitrogens is 1. The highest BCUT2D eigenvalue weighted by molar-refractivity contribution is 5.94. The Balaban J connectivity index is 1.59. The van der Waals surface area contributed by atoms with Gasteiger partial charge >= 0.3 is 0 Å². The lowest BCUT2D eigenvalue weighted by molar-refractivity contribution is -0.0601. The van der Waals surface area contributed by atoms with Crippen LogP contribution in [0.3, 0.4) is 0 Å². The van der Waals surface area contributed by atoms with E-state index in [1.165, 1.54) is 0 Å². The molecule has 1 aromatic rings. The number of fused-ring (bicyclic) bond motifs is 2. The molecule has 2 N–H and O–H groups in total.